The molecule has 0 unspecified atom stereocenters. The number of nitrogens with one attached hydrogen (secondary N) is 1. The van der Waals surface area contributed by atoms with Crippen molar-refractivity contribution >= 4 is 17.5 Å². The predicted octanol–water partition coefficient (Wildman–Crippen LogP) is 2.36. The predicted molar refractivity (Wildman–Crippen MR) is 75.8 cm³/mol. The number of aromatic nitrogens is 2. The number of hydrogen-bond acceptors (Lipinski definition) is 6. The van der Waals surface area contributed by atoms with Gasteiger partial charge in [-0.2, -0.15) is 4.98 Å². The third-order valence-electron chi connectivity index (χ3n) is 2.91. The highest BCUT2D eigenvalue weighted by Gasteiger charge is 2.25. The summed E-state index contributed by atoms with van der Waals surface area (Å²) in [6.07, 6.45) is 2.01. The van der Waals surface area contributed by atoms with Gasteiger partial charge in [-0.15, -0.1) is 0 Å². The van der Waals surface area contributed by atoms with Crippen molar-refractivity contribution in [3.63, 3.8) is 0 Å². The van der Waals surface area contributed by atoms with Gasteiger partial charge in [0.05, 0.1) is 4.92 Å². The maximum Gasteiger partial charge on any atom is 0.332 e. The molecule has 7 heteroatoms. The molecule has 0 aliphatic rings. The van der Waals surface area contributed by atoms with Gasteiger partial charge in [0, 0.05) is 20.1 Å². The van der Waals surface area contributed by atoms with Gasteiger partial charge < -0.3 is 10.2 Å². The monoisotopic (exact) mass is 267 g/mol. The molecule has 0 atom stereocenters. The fourth-order valence-corrected chi connectivity index (χ4v) is 1.86. The number of nitrogens with zero attached hydrogens (tertiary/aromatic N) is 4. The smallest absolute Gasteiger partial charge is 0.332 e. The number of rotatable bonds is 7. The van der Waals surface area contributed by atoms with Gasteiger partial charge in [-0.25, -0.2) is 4.98 Å². The van der Waals surface area contributed by atoms with Crippen LogP contribution >= 0.6 is 0 Å². The Bertz CT molecular complexity index is 450. The number of nitro groups is 1. The SMILES string of the molecule is CCCCN(CC)c1nc(NC)nc(C)c1[N+](=O)[O-]. The van der Waals surface area contributed by atoms with E-state index in [0.717, 1.165) is 19.4 Å². The summed E-state index contributed by atoms with van der Waals surface area (Å²) in [5.41, 5.74) is 0.381. The zero-order chi connectivity index (χ0) is 14.4. The zero-order valence-electron chi connectivity index (χ0n) is 11.9. The number of aryl methyl sites for hydroxylation is 1. The lowest BCUT2D eigenvalue weighted by atomic mass is 10.2. The summed E-state index contributed by atoms with van der Waals surface area (Å²) in [6, 6.07) is 0. The van der Waals surface area contributed by atoms with Crippen molar-refractivity contribution in [3.05, 3.63) is 15.8 Å². The Balaban J connectivity index is 3.27. The van der Waals surface area contributed by atoms with Crippen molar-refractivity contribution in [2.24, 2.45) is 0 Å². The highest BCUT2D eigenvalue weighted by molar-refractivity contribution is 5.62. The van der Waals surface area contributed by atoms with Crippen LogP contribution in [0.3, 0.4) is 0 Å². The van der Waals surface area contributed by atoms with E-state index in [1.165, 1.54) is 0 Å². The van der Waals surface area contributed by atoms with Crippen LogP contribution in [-0.2, 0) is 0 Å². The van der Waals surface area contributed by atoms with E-state index in [9.17, 15) is 10.1 Å². The maximum atomic E-state index is 11.2. The molecular formula is C12H21N5O2. The molecule has 0 saturated carbocycles. The van der Waals surface area contributed by atoms with Crippen LogP contribution < -0.4 is 10.2 Å². The molecule has 0 saturated heterocycles. The summed E-state index contributed by atoms with van der Waals surface area (Å²) in [5.74, 6) is 0.811. The van der Waals surface area contributed by atoms with E-state index in [1.54, 1.807) is 14.0 Å². The number of anilines is 2. The van der Waals surface area contributed by atoms with Gasteiger partial charge in [0.1, 0.15) is 5.69 Å². The highest BCUT2D eigenvalue weighted by Crippen LogP contribution is 2.29. The van der Waals surface area contributed by atoms with Crippen LogP contribution in [0.1, 0.15) is 32.4 Å². The van der Waals surface area contributed by atoms with Crippen molar-refractivity contribution in [2.45, 2.75) is 33.6 Å². The molecule has 0 fully saturated rings. The maximum absolute atomic E-state index is 11.2. The minimum atomic E-state index is -0.404. The number of unbranched alkanes of at least 4 members (excludes halogenated alkanes) is 1. The lowest BCUT2D eigenvalue weighted by Crippen LogP contribution is -2.26. The second-order valence-corrected chi connectivity index (χ2v) is 4.25. The van der Waals surface area contributed by atoms with Crippen LogP contribution in [0.15, 0.2) is 0 Å². The van der Waals surface area contributed by atoms with E-state index in [4.69, 9.17) is 0 Å². The zero-order valence-corrected chi connectivity index (χ0v) is 11.9. The summed E-state index contributed by atoms with van der Waals surface area (Å²) >= 11 is 0. The molecule has 1 heterocycles. The van der Waals surface area contributed by atoms with Crippen molar-refractivity contribution in [3.8, 4) is 0 Å². The van der Waals surface area contributed by atoms with Gasteiger partial charge in [0.2, 0.25) is 11.8 Å². The van der Waals surface area contributed by atoms with Gasteiger partial charge in [0.15, 0.2) is 0 Å². The van der Waals surface area contributed by atoms with Gasteiger partial charge in [-0.3, -0.25) is 10.1 Å². The molecule has 0 aliphatic carbocycles. The molecule has 7 nitrogen and oxygen atoms in total. The second-order valence-electron chi connectivity index (χ2n) is 4.25. The molecule has 0 bridgehead atoms. The van der Waals surface area contributed by atoms with Crippen molar-refractivity contribution in [1.82, 2.24) is 9.97 Å². The highest BCUT2D eigenvalue weighted by atomic mass is 16.6. The van der Waals surface area contributed by atoms with Crippen molar-refractivity contribution in [1.29, 1.82) is 0 Å². The standard InChI is InChI=1S/C12H21N5O2/c1-5-7-8-16(6-2)11-10(17(18)19)9(3)14-12(13-4)15-11/h5-8H2,1-4H3,(H,13,14,15). The summed E-state index contributed by atoms with van der Waals surface area (Å²) in [5, 5.41) is 14.1. The third kappa shape index (κ3) is 3.52. The quantitative estimate of drug-likeness (QED) is 0.603. The van der Waals surface area contributed by atoms with Crippen LogP contribution in [0.2, 0.25) is 0 Å². The Morgan fingerprint density at radius 2 is 2.05 bits per heavy atom. The molecule has 0 radical (unpaired) electrons. The van der Waals surface area contributed by atoms with Crippen LogP contribution in [0.4, 0.5) is 17.5 Å². The van der Waals surface area contributed by atoms with Crippen LogP contribution in [0.25, 0.3) is 0 Å². The average molecular weight is 267 g/mol. The fourth-order valence-electron chi connectivity index (χ4n) is 1.86. The lowest BCUT2D eigenvalue weighted by molar-refractivity contribution is -0.385. The number of hydrogen-bond donors (Lipinski definition) is 1. The molecule has 0 amide bonds. The van der Waals surface area contributed by atoms with Gasteiger partial charge in [-0.1, -0.05) is 13.3 Å². The molecule has 1 N–H and O–H groups in total. The summed E-state index contributed by atoms with van der Waals surface area (Å²) in [7, 11) is 1.70. The first-order valence-corrected chi connectivity index (χ1v) is 6.50. The Morgan fingerprint density at radius 1 is 1.37 bits per heavy atom. The van der Waals surface area contributed by atoms with Gasteiger partial charge in [0.25, 0.3) is 0 Å². The van der Waals surface area contributed by atoms with Crippen LogP contribution in [0, 0.1) is 17.0 Å². The second kappa shape index (κ2) is 6.86. The Labute approximate surface area is 113 Å². The molecule has 1 aromatic heterocycles. The topological polar surface area (TPSA) is 84.2 Å². The van der Waals surface area contributed by atoms with E-state index >= 15 is 0 Å². The van der Waals surface area contributed by atoms with Crippen molar-refractivity contribution < 1.29 is 4.92 Å². The van der Waals surface area contributed by atoms with E-state index in [2.05, 4.69) is 22.2 Å². The molecule has 0 aliphatic heterocycles. The van der Waals surface area contributed by atoms with E-state index < -0.39 is 4.92 Å². The molecular weight excluding hydrogens is 246 g/mol. The minimum absolute atomic E-state index is 0.00282. The lowest BCUT2D eigenvalue weighted by Gasteiger charge is -2.22. The van der Waals surface area contributed by atoms with E-state index in [0.29, 0.717) is 24.0 Å². The van der Waals surface area contributed by atoms with Crippen LogP contribution in [0.5, 0.6) is 0 Å². The van der Waals surface area contributed by atoms with Gasteiger partial charge >= 0.3 is 5.69 Å². The Morgan fingerprint density at radius 3 is 2.53 bits per heavy atom. The molecule has 0 spiro atoms. The average Bonchev–Trinajstić information content (AvgIpc) is 2.38. The first-order chi connectivity index (χ1) is 9.04. The van der Waals surface area contributed by atoms with E-state index in [1.807, 2.05) is 11.8 Å². The normalized spacial score (nSPS) is 10.3. The largest absolute Gasteiger partial charge is 0.357 e. The van der Waals surface area contributed by atoms with Crippen LogP contribution in [-0.4, -0.2) is 35.0 Å². The Hall–Kier alpha value is -1.92. The van der Waals surface area contributed by atoms with E-state index in [-0.39, 0.29) is 5.69 Å². The molecule has 19 heavy (non-hydrogen) atoms. The first kappa shape index (κ1) is 15.1. The first-order valence-electron chi connectivity index (χ1n) is 6.50. The molecule has 106 valence electrons. The summed E-state index contributed by atoms with van der Waals surface area (Å²) < 4.78 is 0. The summed E-state index contributed by atoms with van der Waals surface area (Å²) in [4.78, 5) is 21.1. The minimum Gasteiger partial charge on any atom is -0.357 e. The van der Waals surface area contributed by atoms with Crippen molar-refractivity contribution in [2.75, 3.05) is 30.4 Å². The fraction of sp³-hybridized carbons (Fsp3) is 0.667. The third-order valence-corrected chi connectivity index (χ3v) is 2.91. The molecule has 0 aromatic carbocycles. The Kier molecular flexibility index (Phi) is 5.47. The molecule has 1 rings (SSSR count). The summed E-state index contributed by atoms with van der Waals surface area (Å²) in [6.45, 7) is 7.13. The molecule has 1 aromatic rings. The van der Waals surface area contributed by atoms with Gasteiger partial charge in [-0.05, 0) is 20.3 Å².